The Kier molecular flexibility index (Phi) is 4.97. The molecular formula is C17H15ClFN3OS. The number of anilines is 1. The molecule has 2 aromatic carbocycles. The normalized spacial score (nSPS) is 10.8. The number of carbonyl (C=O) groups is 1. The number of thiazole rings is 1. The number of halogens is 2. The van der Waals surface area contributed by atoms with Gasteiger partial charge in [-0.3, -0.25) is 4.79 Å². The Balaban J connectivity index is 1.63. The van der Waals surface area contributed by atoms with E-state index in [1.807, 2.05) is 12.1 Å². The van der Waals surface area contributed by atoms with Crippen LogP contribution in [0.15, 0.2) is 42.5 Å². The van der Waals surface area contributed by atoms with Crippen molar-refractivity contribution in [2.75, 3.05) is 18.5 Å². The van der Waals surface area contributed by atoms with E-state index in [2.05, 4.69) is 10.3 Å². The van der Waals surface area contributed by atoms with Crippen LogP contribution < -0.4 is 10.2 Å². The maximum Gasteiger partial charge on any atom is 0.239 e. The van der Waals surface area contributed by atoms with Crippen LogP contribution in [0.2, 0.25) is 5.02 Å². The van der Waals surface area contributed by atoms with Gasteiger partial charge in [0.05, 0.1) is 16.3 Å². The van der Waals surface area contributed by atoms with Crippen LogP contribution in [0.1, 0.15) is 5.56 Å². The third-order valence-corrected chi connectivity index (χ3v) is 4.94. The quantitative estimate of drug-likeness (QED) is 0.749. The minimum Gasteiger partial charge on any atom is -0.350 e. The summed E-state index contributed by atoms with van der Waals surface area (Å²) in [5.41, 5.74) is 1.19. The maximum absolute atomic E-state index is 13.5. The Hall–Kier alpha value is -2.18. The number of carbonyl (C=O) groups excluding carboxylic acids is 1. The van der Waals surface area contributed by atoms with Crippen molar-refractivity contribution in [3.63, 3.8) is 0 Å². The van der Waals surface area contributed by atoms with Crippen LogP contribution in [0.4, 0.5) is 9.52 Å². The first kappa shape index (κ1) is 16.7. The molecule has 0 aliphatic rings. The van der Waals surface area contributed by atoms with Crippen LogP contribution in [0.25, 0.3) is 10.2 Å². The highest BCUT2D eigenvalue weighted by atomic mass is 35.5. The molecule has 0 aliphatic carbocycles. The molecule has 0 saturated heterocycles. The molecule has 0 aliphatic heterocycles. The fourth-order valence-electron chi connectivity index (χ4n) is 2.24. The average molecular weight is 364 g/mol. The number of rotatable bonds is 5. The monoisotopic (exact) mass is 363 g/mol. The highest BCUT2D eigenvalue weighted by Gasteiger charge is 2.13. The van der Waals surface area contributed by atoms with E-state index in [1.54, 1.807) is 36.2 Å². The van der Waals surface area contributed by atoms with Crippen molar-refractivity contribution in [1.29, 1.82) is 0 Å². The molecule has 1 aromatic heterocycles. The van der Waals surface area contributed by atoms with E-state index < -0.39 is 0 Å². The van der Waals surface area contributed by atoms with Crippen LogP contribution >= 0.6 is 22.9 Å². The zero-order valence-electron chi connectivity index (χ0n) is 12.9. The largest absolute Gasteiger partial charge is 0.350 e. The Morgan fingerprint density at radius 3 is 2.83 bits per heavy atom. The number of amides is 1. The zero-order chi connectivity index (χ0) is 17.1. The van der Waals surface area contributed by atoms with Crippen molar-refractivity contribution in [1.82, 2.24) is 10.3 Å². The topological polar surface area (TPSA) is 45.2 Å². The van der Waals surface area contributed by atoms with Crippen LogP contribution in [0.3, 0.4) is 0 Å². The molecule has 0 unspecified atom stereocenters. The lowest BCUT2D eigenvalue weighted by Gasteiger charge is -2.15. The second kappa shape index (κ2) is 7.15. The van der Waals surface area contributed by atoms with E-state index >= 15 is 0 Å². The molecule has 1 amide bonds. The smallest absolute Gasteiger partial charge is 0.239 e. The van der Waals surface area contributed by atoms with Gasteiger partial charge >= 0.3 is 0 Å². The maximum atomic E-state index is 13.5. The van der Waals surface area contributed by atoms with Crippen LogP contribution in [-0.4, -0.2) is 24.5 Å². The molecule has 24 heavy (non-hydrogen) atoms. The standard InChI is InChI=1S/C17H15ClFN3OS/c1-22(17-21-16-12(18)6-4-8-14(16)24-17)10-15(23)20-9-11-5-2-3-7-13(11)19/h2-8H,9-10H2,1H3,(H,20,23). The van der Waals surface area contributed by atoms with Gasteiger partial charge in [-0.25, -0.2) is 9.37 Å². The lowest BCUT2D eigenvalue weighted by molar-refractivity contribution is -0.119. The number of aromatic nitrogens is 1. The van der Waals surface area contributed by atoms with E-state index in [1.165, 1.54) is 17.4 Å². The van der Waals surface area contributed by atoms with Gasteiger partial charge in [0.25, 0.3) is 0 Å². The third-order valence-electron chi connectivity index (χ3n) is 3.50. The molecule has 0 fully saturated rings. The molecule has 3 rings (SSSR count). The van der Waals surface area contributed by atoms with Crippen molar-refractivity contribution in [3.05, 3.63) is 58.9 Å². The van der Waals surface area contributed by atoms with Gasteiger partial charge in [-0.05, 0) is 18.2 Å². The summed E-state index contributed by atoms with van der Waals surface area (Å²) in [6, 6.07) is 12.0. The summed E-state index contributed by atoms with van der Waals surface area (Å²) >= 11 is 7.59. The highest BCUT2D eigenvalue weighted by molar-refractivity contribution is 7.22. The minimum atomic E-state index is -0.327. The number of benzene rings is 2. The number of fused-ring (bicyclic) bond motifs is 1. The van der Waals surface area contributed by atoms with Gasteiger partial charge in [-0.1, -0.05) is 47.2 Å². The van der Waals surface area contributed by atoms with Gasteiger partial charge in [-0.15, -0.1) is 0 Å². The number of likely N-dealkylation sites (N-methyl/N-ethyl adjacent to an activating group) is 1. The van der Waals surface area contributed by atoms with Gasteiger partial charge in [0, 0.05) is 19.2 Å². The van der Waals surface area contributed by atoms with E-state index in [0.717, 1.165) is 10.2 Å². The number of nitrogens with zero attached hydrogens (tertiary/aromatic N) is 2. The molecule has 1 heterocycles. The van der Waals surface area contributed by atoms with E-state index in [9.17, 15) is 9.18 Å². The van der Waals surface area contributed by atoms with Crippen molar-refractivity contribution in [3.8, 4) is 0 Å². The van der Waals surface area contributed by atoms with Crippen LogP contribution in [0, 0.1) is 5.82 Å². The number of para-hydroxylation sites is 1. The summed E-state index contributed by atoms with van der Waals surface area (Å²) in [6.45, 7) is 0.289. The summed E-state index contributed by atoms with van der Waals surface area (Å²) < 4.78 is 14.5. The molecular weight excluding hydrogens is 349 g/mol. The van der Waals surface area contributed by atoms with Crippen LogP contribution in [-0.2, 0) is 11.3 Å². The zero-order valence-corrected chi connectivity index (χ0v) is 14.5. The molecule has 0 saturated carbocycles. The molecule has 4 nitrogen and oxygen atoms in total. The predicted molar refractivity (Wildman–Crippen MR) is 96.1 cm³/mol. The number of hydrogen-bond donors (Lipinski definition) is 1. The van der Waals surface area contributed by atoms with Crippen molar-refractivity contribution in [2.24, 2.45) is 0 Å². The molecule has 0 bridgehead atoms. The average Bonchev–Trinajstić information content (AvgIpc) is 3.00. The van der Waals surface area contributed by atoms with Crippen molar-refractivity contribution < 1.29 is 9.18 Å². The number of nitrogens with one attached hydrogen (secondary N) is 1. The van der Waals surface area contributed by atoms with Gasteiger partial charge < -0.3 is 10.2 Å². The summed E-state index contributed by atoms with van der Waals surface area (Å²) in [6.07, 6.45) is 0. The Morgan fingerprint density at radius 2 is 2.08 bits per heavy atom. The van der Waals surface area contributed by atoms with Crippen molar-refractivity contribution in [2.45, 2.75) is 6.54 Å². The fraction of sp³-hybridized carbons (Fsp3) is 0.176. The van der Waals surface area contributed by atoms with Crippen LogP contribution in [0.5, 0.6) is 0 Å². The SMILES string of the molecule is CN(CC(=O)NCc1ccccc1F)c1nc2c(Cl)cccc2s1. The summed E-state index contributed by atoms with van der Waals surface area (Å²) in [4.78, 5) is 18.3. The summed E-state index contributed by atoms with van der Waals surface area (Å²) in [5, 5.41) is 4.01. The first-order chi connectivity index (χ1) is 11.5. The molecule has 0 radical (unpaired) electrons. The summed E-state index contributed by atoms with van der Waals surface area (Å²) in [5.74, 6) is -0.530. The molecule has 1 N–H and O–H groups in total. The highest BCUT2D eigenvalue weighted by Crippen LogP contribution is 2.32. The fourth-order valence-corrected chi connectivity index (χ4v) is 3.47. The van der Waals surface area contributed by atoms with Gasteiger partial charge in [0.15, 0.2) is 5.13 Å². The number of hydrogen-bond acceptors (Lipinski definition) is 4. The lowest BCUT2D eigenvalue weighted by Crippen LogP contribution is -2.34. The van der Waals surface area contributed by atoms with Gasteiger partial charge in [0.1, 0.15) is 11.3 Å². The molecule has 0 spiro atoms. The third kappa shape index (κ3) is 3.66. The van der Waals surface area contributed by atoms with Gasteiger partial charge in [-0.2, -0.15) is 0 Å². The second-order valence-electron chi connectivity index (χ2n) is 5.31. The summed E-state index contributed by atoms with van der Waals surface area (Å²) in [7, 11) is 1.79. The van der Waals surface area contributed by atoms with E-state index in [4.69, 9.17) is 11.6 Å². The van der Waals surface area contributed by atoms with Gasteiger partial charge in [0.2, 0.25) is 5.91 Å². The van der Waals surface area contributed by atoms with Crippen molar-refractivity contribution >= 4 is 44.2 Å². The first-order valence-corrected chi connectivity index (χ1v) is 8.50. The van der Waals surface area contributed by atoms with E-state index in [-0.39, 0.29) is 24.8 Å². The predicted octanol–water partition coefficient (Wildman–Crippen LogP) is 3.84. The molecule has 3 aromatic rings. The second-order valence-corrected chi connectivity index (χ2v) is 6.72. The van der Waals surface area contributed by atoms with E-state index in [0.29, 0.717) is 15.7 Å². The lowest BCUT2D eigenvalue weighted by atomic mass is 10.2. The molecule has 0 atom stereocenters. The molecule has 124 valence electrons. The minimum absolute atomic E-state index is 0.131. The Labute approximate surface area is 147 Å². The Morgan fingerprint density at radius 1 is 1.29 bits per heavy atom. The first-order valence-electron chi connectivity index (χ1n) is 7.31. The Bertz CT molecular complexity index is 883. The molecule has 7 heteroatoms.